The Morgan fingerprint density at radius 1 is 1.25 bits per heavy atom. The topological polar surface area (TPSA) is 12.5 Å². The minimum atomic E-state index is -0.646. The van der Waals surface area contributed by atoms with E-state index in [0.29, 0.717) is 0 Å². The largest absolute Gasteiger partial charge is 0.422 e. The van der Waals surface area contributed by atoms with Gasteiger partial charge in [-0.3, -0.25) is 0 Å². The van der Waals surface area contributed by atoms with E-state index in [1.165, 1.54) is 30.1 Å². The molecule has 2 nitrogen and oxygen atoms in total. The Bertz CT molecular complexity index is 353. The minimum Gasteiger partial charge on any atom is -0.422 e. The summed E-state index contributed by atoms with van der Waals surface area (Å²) in [6.07, 6.45) is 3.91. The molecule has 0 aromatic heterocycles. The number of nitrogens with zero attached hydrogens (tertiary/aromatic N) is 1. The SMILES string of the molecule is CO[SiH2]c1cccc(N2CCCCC2)c1Cl. The number of benzene rings is 1. The van der Waals surface area contributed by atoms with Gasteiger partial charge < -0.3 is 9.33 Å². The monoisotopic (exact) mass is 255 g/mol. The smallest absolute Gasteiger partial charge is 0.193 e. The predicted octanol–water partition coefficient (Wildman–Crippen LogP) is 1.69. The zero-order valence-electron chi connectivity index (χ0n) is 9.71. The molecule has 1 aromatic rings. The summed E-state index contributed by atoms with van der Waals surface area (Å²) in [5, 5.41) is 2.13. The van der Waals surface area contributed by atoms with Crippen molar-refractivity contribution < 1.29 is 4.43 Å². The third-order valence-electron chi connectivity index (χ3n) is 3.05. The molecule has 0 amide bonds. The summed E-state index contributed by atoms with van der Waals surface area (Å²) in [4.78, 5) is 2.40. The zero-order valence-corrected chi connectivity index (χ0v) is 11.9. The molecule has 16 heavy (non-hydrogen) atoms. The highest BCUT2D eigenvalue weighted by atomic mass is 35.5. The third kappa shape index (κ3) is 2.59. The number of halogens is 1. The number of piperidine rings is 1. The molecule has 4 heteroatoms. The van der Waals surface area contributed by atoms with Crippen molar-refractivity contribution in [3.8, 4) is 0 Å². The van der Waals surface area contributed by atoms with Gasteiger partial charge in [0.05, 0.1) is 10.7 Å². The summed E-state index contributed by atoms with van der Waals surface area (Å²) in [5.41, 5.74) is 1.20. The Morgan fingerprint density at radius 3 is 2.69 bits per heavy atom. The first kappa shape index (κ1) is 12.0. The molecular formula is C12H18ClNOSi. The van der Waals surface area contributed by atoms with Gasteiger partial charge in [-0.2, -0.15) is 0 Å². The van der Waals surface area contributed by atoms with E-state index >= 15 is 0 Å². The Kier molecular flexibility index (Phi) is 4.27. The minimum absolute atomic E-state index is 0.646. The van der Waals surface area contributed by atoms with Crippen LogP contribution in [-0.4, -0.2) is 30.0 Å². The maximum atomic E-state index is 6.43. The Hall–Kier alpha value is -0.513. The van der Waals surface area contributed by atoms with Gasteiger partial charge in [0.15, 0.2) is 9.76 Å². The first-order valence-electron chi connectivity index (χ1n) is 5.84. The van der Waals surface area contributed by atoms with Crippen LogP contribution in [0.2, 0.25) is 5.02 Å². The van der Waals surface area contributed by atoms with Crippen molar-refractivity contribution in [1.82, 2.24) is 0 Å². The van der Waals surface area contributed by atoms with Crippen molar-refractivity contribution in [2.45, 2.75) is 19.3 Å². The molecule has 0 spiro atoms. The van der Waals surface area contributed by atoms with Crippen molar-refractivity contribution >= 4 is 32.2 Å². The van der Waals surface area contributed by atoms with Gasteiger partial charge in [-0.15, -0.1) is 0 Å². The zero-order chi connectivity index (χ0) is 11.4. The van der Waals surface area contributed by atoms with Gasteiger partial charge in [0, 0.05) is 20.2 Å². The van der Waals surface area contributed by atoms with E-state index in [9.17, 15) is 0 Å². The van der Waals surface area contributed by atoms with E-state index in [0.717, 1.165) is 18.1 Å². The molecule has 1 fully saturated rings. The first-order valence-corrected chi connectivity index (χ1v) is 7.50. The second kappa shape index (κ2) is 5.71. The molecule has 1 heterocycles. The number of hydrogen-bond donors (Lipinski definition) is 0. The van der Waals surface area contributed by atoms with E-state index in [1.807, 2.05) is 0 Å². The molecule has 1 aliphatic heterocycles. The quantitative estimate of drug-likeness (QED) is 0.763. The molecule has 0 atom stereocenters. The maximum Gasteiger partial charge on any atom is 0.193 e. The lowest BCUT2D eigenvalue weighted by Crippen LogP contribution is -2.31. The normalized spacial score (nSPS) is 17.2. The molecule has 1 aliphatic rings. The molecule has 1 saturated heterocycles. The van der Waals surface area contributed by atoms with Gasteiger partial charge >= 0.3 is 0 Å². The van der Waals surface area contributed by atoms with Crippen molar-refractivity contribution in [1.29, 1.82) is 0 Å². The number of hydrogen-bond acceptors (Lipinski definition) is 2. The van der Waals surface area contributed by atoms with Crippen LogP contribution in [0.15, 0.2) is 18.2 Å². The fourth-order valence-electron chi connectivity index (χ4n) is 2.21. The van der Waals surface area contributed by atoms with E-state index < -0.39 is 9.76 Å². The highest BCUT2D eigenvalue weighted by molar-refractivity contribution is 6.54. The van der Waals surface area contributed by atoms with Gasteiger partial charge in [-0.1, -0.05) is 23.7 Å². The molecule has 88 valence electrons. The van der Waals surface area contributed by atoms with Crippen molar-refractivity contribution in [2.75, 3.05) is 25.1 Å². The van der Waals surface area contributed by atoms with Crippen LogP contribution in [0.3, 0.4) is 0 Å². The number of anilines is 1. The van der Waals surface area contributed by atoms with E-state index in [-0.39, 0.29) is 0 Å². The average Bonchev–Trinajstić information content (AvgIpc) is 2.33. The maximum absolute atomic E-state index is 6.43. The summed E-state index contributed by atoms with van der Waals surface area (Å²) in [7, 11) is 1.11. The van der Waals surface area contributed by atoms with Crippen LogP contribution >= 0.6 is 11.6 Å². The van der Waals surface area contributed by atoms with E-state index in [1.54, 1.807) is 7.11 Å². The molecule has 0 radical (unpaired) electrons. The van der Waals surface area contributed by atoms with Crippen molar-refractivity contribution in [3.05, 3.63) is 23.2 Å². The molecule has 2 rings (SSSR count). The van der Waals surface area contributed by atoms with Crippen LogP contribution in [0.1, 0.15) is 19.3 Å². The summed E-state index contributed by atoms with van der Waals surface area (Å²) in [6.45, 7) is 2.27. The van der Waals surface area contributed by atoms with Gasteiger partial charge in [0.1, 0.15) is 0 Å². The van der Waals surface area contributed by atoms with Crippen LogP contribution in [-0.2, 0) is 4.43 Å². The average molecular weight is 256 g/mol. The fraction of sp³-hybridized carbons (Fsp3) is 0.500. The predicted molar refractivity (Wildman–Crippen MR) is 72.7 cm³/mol. The van der Waals surface area contributed by atoms with Crippen LogP contribution in [0.4, 0.5) is 5.69 Å². The van der Waals surface area contributed by atoms with Gasteiger partial charge in [0.2, 0.25) is 0 Å². The Labute approximate surface area is 104 Å². The molecular weight excluding hydrogens is 238 g/mol. The van der Waals surface area contributed by atoms with Crippen molar-refractivity contribution in [2.24, 2.45) is 0 Å². The van der Waals surface area contributed by atoms with Crippen LogP contribution in [0.25, 0.3) is 0 Å². The molecule has 0 bridgehead atoms. The summed E-state index contributed by atoms with van der Waals surface area (Å²) in [5.74, 6) is 0. The second-order valence-electron chi connectivity index (χ2n) is 4.23. The Morgan fingerprint density at radius 2 is 2.00 bits per heavy atom. The van der Waals surface area contributed by atoms with E-state index in [4.69, 9.17) is 16.0 Å². The summed E-state index contributed by atoms with van der Waals surface area (Å²) >= 11 is 6.43. The molecule has 0 unspecified atom stereocenters. The fourth-order valence-corrected chi connectivity index (χ4v) is 3.47. The van der Waals surface area contributed by atoms with Crippen LogP contribution < -0.4 is 10.1 Å². The van der Waals surface area contributed by atoms with Crippen molar-refractivity contribution in [3.63, 3.8) is 0 Å². The lowest BCUT2D eigenvalue weighted by molar-refractivity contribution is 0.450. The lowest BCUT2D eigenvalue weighted by atomic mass is 10.1. The first-order chi connectivity index (χ1) is 7.83. The molecule has 0 saturated carbocycles. The van der Waals surface area contributed by atoms with E-state index in [2.05, 4.69) is 23.1 Å². The summed E-state index contributed by atoms with van der Waals surface area (Å²) < 4.78 is 5.29. The molecule has 0 N–H and O–H groups in total. The highest BCUT2D eigenvalue weighted by Crippen LogP contribution is 2.26. The highest BCUT2D eigenvalue weighted by Gasteiger charge is 2.15. The van der Waals surface area contributed by atoms with Gasteiger partial charge in [-0.25, -0.2) is 0 Å². The summed E-state index contributed by atoms with van der Waals surface area (Å²) in [6, 6.07) is 6.31. The molecule has 1 aromatic carbocycles. The van der Waals surface area contributed by atoms with Gasteiger partial charge in [-0.05, 0) is 30.5 Å². The number of rotatable bonds is 3. The standard InChI is InChI=1S/C12H18ClNOSi/c1-15-16-11-7-5-6-10(12(11)13)14-8-3-2-4-9-14/h5-7H,2-4,8-9,16H2,1H3. The van der Waals surface area contributed by atoms with Gasteiger partial charge in [0.25, 0.3) is 0 Å². The second-order valence-corrected chi connectivity index (χ2v) is 6.24. The molecule has 0 aliphatic carbocycles. The third-order valence-corrected chi connectivity index (χ3v) is 4.90. The lowest BCUT2D eigenvalue weighted by Gasteiger charge is -2.30. The van der Waals surface area contributed by atoms with Crippen LogP contribution in [0, 0.1) is 0 Å². The Balaban J connectivity index is 2.22. The van der Waals surface area contributed by atoms with Crippen LogP contribution in [0.5, 0.6) is 0 Å².